The summed E-state index contributed by atoms with van der Waals surface area (Å²) in [5, 5.41) is 1.58. The highest BCUT2D eigenvalue weighted by atomic mass is 32.2. The van der Waals surface area contributed by atoms with Crippen LogP contribution in [0.4, 0.5) is 0 Å². The average Bonchev–Trinajstić information content (AvgIpc) is 2.83. The molecule has 35 heavy (non-hydrogen) atoms. The van der Waals surface area contributed by atoms with Gasteiger partial charge in [-0.05, 0) is 54.2 Å². The lowest BCUT2D eigenvalue weighted by atomic mass is 9.87. The van der Waals surface area contributed by atoms with E-state index in [4.69, 9.17) is 0 Å². The summed E-state index contributed by atoms with van der Waals surface area (Å²) in [5.41, 5.74) is 3.17. The van der Waals surface area contributed by atoms with Crippen LogP contribution in [0, 0.1) is 0 Å². The lowest BCUT2D eigenvalue weighted by molar-refractivity contribution is 0.482. The number of fused-ring (bicyclic) bond motifs is 1. The Balaban J connectivity index is 2.36. The molecule has 0 unspecified atom stereocenters. The summed E-state index contributed by atoms with van der Waals surface area (Å²) in [4.78, 5) is 0.143. The lowest BCUT2D eigenvalue weighted by Crippen LogP contribution is -2.11. The molecule has 0 aliphatic heterocycles. The molecular formula is C31H48O3S. The molecule has 0 spiro atoms. The average molecular weight is 501 g/mol. The fraction of sp³-hybridized carbons (Fsp3) is 0.613. The highest BCUT2D eigenvalue weighted by Gasteiger charge is 2.25. The summed E-state index contributed by atoms with van der Waals surface area (Å²) < 4.78 is 35.8. The number of benzene rings is 2. The Kier molecular flexibility index (Phi) is 13.7. The maximum atomic E-state index is 12.7. The molecular weight excluding hydrogens is 452 g/mol. The number of hydrogen-bond acceptors (Lipinski definition) is 2. The summed E-state index contributed by atoms with van der Waals surface area (Å²) in [5.74, 6) is 0. The van der Waals surface area contributed by atoms with Crippen LogP contribution in [0.2, 0.25) is 0 Å². The molecule has 0 bridgehead atoms. The minimum absolute atomic E-state index is 0.143. The van der Waals surface area contributed by atoms with Crippen LogP contribution in [-0.2, 0) is 29.4 Å². The van der Waals surface area contributed by atoms with Crippen molar-refractivity contribution in [3.05, 3.63) is 53.6 Å². The van der Waals surface area contributed by atoms with Gasteiger partial charge in [0.2, 0.25) is 0 Å². The Morgan fingerprint density at radius 1 is 0.686 bits per heavy atom. The molecule has 0 atom stereocenters. The first-order chi connectivity index (χ1) is 17.0. The van der Waals surface area contributed by atoms with Gasteiger partial charge in [-0.15, -0.1) is 6.58 Å². The summed E-state index contributed by atoms with van der Waals surface area (Å²) in [6, 6.07) is 7.66. The molecule has 2 rings (SSSR count). The van der Waals surface area contributed by atoms with Crippen molar-refractivity contribution in [2.75, 3.05) is 0 Å². The van der Waals surface area contributed by atoms with Crippen molar-refractivity contribution >= 4 is 20.9 Å². The first kappa shape index (κ1) is 29.6. The summed E-state index contributed by atoms with van der Waals surface area (Å²) in [7, 11) is -4.34. The standard InChI is InChI=1S/C31H48O3S/c1-4-7-9-11-13-15-17-22-27-26(21-6-3)28-23-19-20-25-30(28)31(35(32,33)34)29(27)24-18-16-14-12-10-8-5-2/h6,19-20,23,25H,3-5,7-18,21-22,24H2,1-2H3,(H,32,33,34). The zero-order chi connectivity index (χ0) is 25.5. The molecule has 0 heterocycles. The highest BCUT2D eigenvalue weighted by Crippen LogP contribution is 2.36. The predicted molar refractivity (Wildman–Crippen MR) is 151 cm³/mol. The number of rotatable bonds is 19. The van der Waals surface area contributed by atoms with E-state index in [1.54, 1.807) is 0 Å². The Morgan fingerprint density at radius 3 is 1.63 bits per heavy atom. The molecule has 1 N–H and O–H groups in total. The maximum Gasteiger partial charge on any atom is 0.295 e. The maximum absolute atomic E-state index is 12.7. The van der Waals surface area contributed by atoms with Crippen LogP contribution in [0.25, 0.3) is 10.8 Å². The van der Waals surface area contributed by atoms with E-state index in [0.717, 1.165) is 48.6 Å². The molecule has 2 aromatic carbocycles. The Morgan fingerprint density at radius 2 is 1.14 bits per heavy atom. The smallest absolute Gasteiger partial charge is 0.282 e. The minimum Gasteiger partial charge on any atom is -0.282 e. The van der Waals surface area contributed by atoms with Gasteiger partial charge in [-0.3, -0.25) is 4.55 Å². The van der Waals surface area contributed by atoms with E-state index >= 15 is 0 Å². The van der Waals surface area contributed by atoms with Crippen LogP contribution < -0.4 is 0 Å². The van der Waals surface area contributed by atoms with Crippen molar-refractivity contribution in [3.8, 4) is 0 Å². The molecule has 0 fully saturated rings. The van der Waals surface area contributed by atoms with Gasteiger partial charge < -0.3 is 0 Å². The van der Waals surface area contributed by atoms with E-state index in [1.165, 1.54) is 69.8 Å². The van der Waals surface area contributed by atoms with Crippen LogP contribution in [0.1, 0.15) is 120 Å². The van der Waals surface area contributed by atoms with E-state index < -0.39 is 10.1 Å². The molecule has 4 heteroatoms. The topological polar surface area (TPSA) is 54.4 Å². The van der Waals surface area contributed by atoms with E-state index in [2.05, 4.69) is 20.4 Å². The number of hydrogen-bond donors (Lipinski definition) is 1. The second kappa shape index (κ2) is 16.2. The largest absolute Gasteiger partial charge is 0.295 e. The molecule has 0 aliphatic carbocycles. The van der Waals surface area contributed by atoms with E-state index in [-0.39, 0.29) is 4.90 Å². The summed E-state index contributed by atoms with van der Waals surface area (Å²) in [6.07, 6.45) is 21.0. The second-order valence-electron chi connectivity index (χ2n) is 10.0. The molecule has 0 aliphatic rings. The van der Waals surface area contributed by atoms with Crippen molar-refractivity contribution in [1.29, 1.82) is 0 Å². The molecule has 0 radical (unpaired) electrons. The first-order valence-electron chi connectivity index (χ1n) is 14.1. The summed E-state index contributed by atoms with van der Waals surface area (Å²) >= 11 is 0. The van der Waals surface area contributed by atoms with Gasteiger partial charge in [0.15, 0.2) is 0 Å². The van der Waals surface area contributed by atoms with Gasteiger partial charge in [-0.2, -0.15) is 8.42 Å². The van der Waals surface area contributed by atoms with Crippen molar-refractivity contribution in [1.82, 2.24) is 0 Å². The Hall–Kier alpha value is -1.65. The Labute approximate surface area is 215 Å². The highest BCUT2D eigenvalue weighted by molar-refractivity contribution is 7.86. The third-order valence-electron chi connectivity index (χ3n) is 7.17. The third kappa shape index (κ3) is 9.38. The van der Waals surface area contributed by atoms with Gasteiger partial charge in [0.1, 0.15) is 4.90 Å². The van der Waals surface area contributed by atoms with Crippen LogP contribution in [0.15, 0.2) is 41.8 Å². The molecule has 0 saturated carbocycles. The summed E-state index contributed by atoms with van der Waals surface area (Å²) in [6.45, 7) is 8.45. The van der Waals surface area contributed by atoms with Crippen LogP contribution in [0.3, 0.4) is 0 Å². The van der Waals surface area contributed by atoms with Crippen molar-refractivity contribution in [2.24, 2.45) is 0 Å². The van der Waals surface area contributed by atoms with Gasteiger partial charge >= 0.3 is 0 Å². The lowest BCUT2D eigenvalue weighted by Gasteiger charge is -2.21. The van der Waals surface area contributed by atoms with Gasteiger partial charge in [0.05, 0.1) is 0 Å². The molecule has 2 aromatic rings. The fourth-order valence-corrected chi connectivity index (χ4v) is 6.34. The van der Waals surface area contributed by atoms with Crippen molar-refractivity contribution in [3.63, 3.8) is 0 Å². The van der Waals surface area contributed by atoms with Crippen molar-refractivity contribution in [2.45, 2.75) is 128 Å². The molecule has 196 valence electrons. The van der Waals surface area contributed by atoms with Gasteiger partial charge in [-0.1, -0.05) is 121 Å². The monoisotopic (exact) mass is 500 g/mol. The van der Waals surface area contributed by atoms with Gasteiger partial charge in [0, 0.05) is 5.39 Å². The third-order valence-corrected chi connectivity index (χ3v) is 8.15. The second-order valence-corrected chi connectivity index (χ2v) is 11.4. The van der Waals surface area contributed by atoms with E-state index in [1.807, 2.05) is 30.3 Å². The van der Waals surface area contributed by atoms with Gasteiger partial charge in [-0.25, -0.2) is 0 Å². The zero-order valence-electron chi connectivity index (χ0n) is 22.3. The molecule has 3 nitrogen and oxygen atoms in total. The van der Waals surface area contributed by atoms with E-state index in [0.29, 0.717) is 18.2 Å². The first-order valence-corrected chi connectivity index (χ1v) is 15.5. The Bertz CT molecular complexity index is 1010. The van der Waals surface area contributed by atoms with Crippen molar-refractivity contribution < 1.29 is 13.0 Å². The fourth-order valence-electron chi connectivity index (χ4n) is 5.34. The van der Waals surface area contributed by atoms with Crippen LogP contribution in [-0.4, -0.2) is 13.0 Å². The predicted octanol–water partition coefficient (Wildman–Crippen LogP) is 9.40. The SMILES string of the molecule is C=CCc1c(CCCCCCCCC)c(CCCCCCCCC)c(S(=O)(=O)O)c2ccccc12. The molecule has 0 amide bonds. The van der Waals surface area contributed by atoms with Crippen LogP contribution >= 0.6 is 0 Å². The molecule has 0 saturated heterocycles. The van der Waals surface area contributed by atoms with Crippen LogP contribution in [0.5, 0.6) is 0 Å². The quantitative estimate of drug-likeness (QED) is 0.119. The minimum atomic E-state index is -4.34. The number of allylic oxidation sites excluding steroid dienone is 1. The van der Waals surface area contributed by atoms with Gasteiger partial charge in [0.25, 0.3) is 10.1 Å². The zero-order valence-corrected chi connectivity index (χ0v) is 23.1. The van der Waals surface area contributed by atoms with E-state index in [9.17, 15) is 13.0 Å². The normalized spacial score (nSPS) is 11.9. The molecule has 0 aromatic heterocycles. The number of unbranched alkanes of at least 4 members (excludes halogenated alkanes) is 12.